The van der Waals surface area contributed by atoms with Crippen LogP contribution in [0.1, 0.15) is 27.2 Å². The first kappa shape index (κ1) is 11.5. The van der Waals surface area contributed by atoms with E-state index in [2.05, 4.69) is 18.8 Å². The topological polar surface area (TPSA) is 32.3 Å². The summed E-state index contributed by atoms with van der Waals surface area (Å²) in [7, 11) is 0. The molecule has 1 fully saturated rings. The van der Waals surface area contributed by atoms with Crippen molar-refractivity contribution in [1.82, 2.24) is 5.32 Å². The van der Waals surface area contributed by atoms with Gasteiger partial charge in [-0.05, 0) is 18.9 Å². The van der Waals surface area contributed by atoms with Crippen molar-refractivity contribution < 1.29 is 5.11 Å². The fourth-order valence-corrected chi connectivity index (χ4v) is 1.41. The van der Waals surface area contributed by atoms with Gasteiger partial charge in [0.15, 0.2) is 0 Å². The average molecular weight is 171 g/mol. The summed E-state index contributed by atoms with van der Waals surface area (Å²) in [6, 6.07) is 0. The van der Waals surface area contributed by atoms with Gasteiger partial charge in [0.25, 0.3) is 0 Å². The summed E-state index contributed by atoms with van der Waals surface area (Å²) in [4.78, 5) is 0. The van der Waals surface area contributed by atoms with Crippen LogP contribution in [0, 0.1) is 11.8 Å². The number of aliphatic hydroxyl groups excluding tert-OH is 1. The lowest BCUT2D eigenvalue weighted by Gasteiger charge is -2.26. The van der Waals surface area contributed by atoms with E-state index < -0.39 is 0 Å². The minimum atomic E-state index is 0.281. The van der Waals surface area contributed by atoms with Crippen molar-refractivity contribution >= 4 is 0 Å². The Labute approximate surface area is 75.7 Å². The predicted molar refractivity (Wildman–Crippen MR) is 53.3 cm³/mol. The largest absolute Gasteiger partial charge is 0.513 e. The summed E-state index contributed by atoms with van der Waals surface area (Å²) >= 11 is 0. The standard InChI is InChI=1S/C8H15NO.C2H6/c1-6-3-8(7(2)10)5-9-4-6;1-2/h6,8-10H,2-5H2,1H3;1-2H3. The normalized spacial score (nSPS) is 28.6. The molecule has 12 heavy (non-hydrogen) atoms. The third-order valence-electron chi connectivity index (χ3n) is 2.04. The van der Waals surface area contributed by atoms with Crippen molar-refractivity contribution in [1.29, 1.82) is 0 Å². The fraction of sp³-hybridized carbons (Fsp3) is 0.800. The quantitative estimate of drug-likeness (QED) is 0.593. The highest BCUT2D eigenvalue weighted by molar-refractivity contribution is 4.93. The molecule has 2 atom stereocenters. The van der Waals surface area contributed by atoms with Crippen molar-refractivity contribution in [3.05, 3.63) is 12.3 Å². The van der Waals surface area contributed by atoms with Crippen LogP contribution >= 0.6 is 0 Å². The SMILES string of the molecule is C=C(O)C1CNCC(C)C1.CC. The van der Waals surface area contributed by atoms with Gasteiger partial charge in [-0.3, -0.25) is 0 Å². The van der Waals surface area contributed by atoms with E-state index in [1.807, 2.05) is 13.8 Å². The van der Waals surface area contributed by atoms with Crippen molar-refractivity contribution in [2.75, 3.05) is 13.1 Å². The molecule has 0 spiro atoms. The molecule has 1 heterocycles. The lowest BCUT2D eigenvalue weighted by Crippen LogP contribution is -2.35. The molecule has 72 valence electrons. The maximum atomic E-state index is 9.06. The van der Waals surface area contributed by atoms with Crippen LogP contribution in [0.5, 0.6) is 0 Å². The second kappa shape index (κ2) is 6.06. The molecule has 1 saturated heterocycles. The molecule has 1 aliphatic rings. The summed E-state index contributed by atoms with van der Waals surface area (Å²) in [5, 5.41) is 12.3. The molecule has 0 aromatic carbocycles. The van der Waals surface area contributed by atoms with Crippen molar-refractivity contribution in [2.24, 2.45) is 11.8 Å². The summed E-state index contributed by atoms with van der Waals surface area (Å²) in [5.41, 5.74) is 0. The molecule has 2 unspecified atom stereocenters. The Morgan fingerprint density at radius 2 is 2.00 bits per heavy atom. The lowest BCUT2D eigenvalue weighted by molar-refractivity contribution is 0.253. The van der Waals surface area contributed by atoms with Crippen LogP contribution < -0.4 is 5.32 Å². The molecule has 0 amide bonds. The number of hydrogen-bond acceptors (Lipinski definition) is 2. The third-order valence-corrected chi connectivity index (χ3v) is 2.04. The Kier molecular flexibility index (Phi) is 5.81. The van der Waals surface area contributed by atoms with Gasteiger partial charge in [0.2, 0.25) is 0 Å². The van der Waals surface area contributed by atoms with Crippen LogP contribution in [0.3, 0.4) is 0 Å². The van der Waals surface area contributed by atoms with Gasteiger partial charge in [-0.2, -0.15) is 0 Å². The second-order valence-corrected chi connectivity index (χ2v) is 3.19. The molecule has 0 aliphatic carbocycles. The van der Waals surface area contributed by atoms with Gasteiger partial charge >= 0.3 is 0 Å². The van der Waals surface area contributed by atoms with Crippen LogP contribution in [-0.2, 0) is 0 Å². The van der Waals surface area contributed by atoms with E-state index in [-0.39, 0.29) is 5.92 Å². The maximum absolute atomic E-state index is 9.06. The Hall–Kier alpha value is -0.500. The van der Waals surface area contributed by atoms with Crippen molar-refractivity contribution in [3.8, 4) is 0 Å². The molecule has 0 aromatic rings. The first-order chi connectivity index (χ1) is 5.70. The molecule has 0 saturated carbocycles. The third kappa shape index (κ3) is 3.77. The second-order valence-electron chi connectivity index (χ2n) is 3.19. The summed E-state index contributed by atoms with van der Waals surface area (Å²) in [5.74, 6) is 1.28. The lowest BCUT2D eigenvalue weighted by atomic mass is 9.91. The maximum Gasteiger partial charge on any atom is 0.0894 e. The molecule has 0 radical (unpaired) electrons. The molecule has 0 aromatic heterocycles. The Morgan fingerprint density at radius 1 is 1.42 bits per heavy atom. The number of piperidine rings is 1. The van der Waals surface area contributed by atoms with Crippen LogP contribution in [-0.4, -0.2) is 18.2 Å². The van der Waals surface area contributed by atoms with Gasteiger partial charge in [-0.15, -0.1) is 0 Å². The average Bonchev–Trinajstić information content (AvgIpc) is 2.08. The molecule has 2 nitrogen and oxygen atoms in total. The molecular formula is C10H21NO. The van der Waals surface area contributed by atoms with E-state index in [9.17, 15) is 0 Å². The molecule has 1 aliphatic heterocycles. The summed E-state index contributed by atoms with van der Waals surface area (Å²) < 4.78 is 0. The highest BCUT2D eigenvalue weighted by atomic mass is 16.3. The fourth-order valence-electron chi connectivity index (χ4n) is 1.41. The highest BCUT2D eigenvalue weighted by Gasteiger charge is 2.19. The van der Waals surface area contributed by atoms with Gasteiger partial charge < -0.3 is 10.4 Å². The molecule has 2 heteroatoms. The van der Waals surface area contributed by atoms with Crippen molar-refractivity contribution in [2.45, 2.75) is 27.2 Å². The summed E-state index contributed by atoms with van der Waals surface area (Å²) in [6.07, 6.45) is 1.07. The number of aliphatic hydroxyl groups is 1. The van der Waals surface area contributed by atoms with Crippen LogP contribution in [0.25, 0.3) is 0 Å². The number of hydrogen-bond donors (Lipinski definition) is 2. The Balaban J connectivity index is 0.000000561. The van der Waals surface area contributed by atoms with E-state index in [0.29, 0.717) is 11.7 Å². The first-order valence-electron chi connectivity index (χ1n) is 4.78. The smallest absolute Gasteiger partial charge is 0.0894 e. The van der Waals surface area contributed by atoms with Gasteiger partial charge in [0, 0.05) is 12.5 Å². The van der Waals surface area contributed by atoms with E-state index in [4.69, 9.17) is 5.11 Å². The summed E-state index contributed by atoms with van der Waals surface area (Å²) in [6.45, 7) is 11.7. The predicted octanol–water partition coefficient (Wildman–Crippen LogP) is 2.33. The van der Waals surface area contributed by atoms with E-state index in [0.717, 1.165) is 19.5 Å². The van der Waals surface area contributed by atoms with Crippen LogP contribution in [0.15, 0.2) is 12.3 Å². The van der Waals surface area contributed by atoms with E-state index in [1.54, 1.807) is 0 Å². The van der Waals surface area contributed by atoms with E-state index in [1.165, 1.54) is 0 Å². The zero-order chi connectivity index (χ0) is 9.56. The van der Waals surface area contributed by atoms with Gasteiger partial charge in [0.05, 0.1) is 5.76 Å². The zero-order valence-corrected chi connectivity index (χ0v) is 8.43. The molecule has 1 rings (SSSR count). The number of rotatable bonds is 1. The van der Waals surface area contributed by atoms with Crippen LogP contribution in [0.2, 0.25) is 0 Å². The van der Waals surface area contributed by atoms with Gasteiger partial charge in [-0.25, -0.2) is 0 Å². The van der Waals surface area contributed by atoms with Crippen molar-refractivity contribution in [3.63, 3.8) is 0 Å². The minimum Gasteiger partial charge on any atom is -0.513 e. The molecule has 0 bridgehead atoms. The monoisotopic (exact) mass is 171 g/mol. The van der Waals surface area contributed by atoms with Gasteiger partial charge in [0.1, 0.15) is 0 Å². The van der Waals surface area contributed by atoms with E-state index >= 15 is 0 Å². The molecular weight excluding hydrogens is 150 g/mol. The van der Waals surface area contributed by atoms with Gasteiger partial charge in [-0.1, -0.05) is 27.4 Å². The Bertz CT molecular complexity index is 134. The zero-order valence-electron chi connectivity index (χ0n) is 8.43. The number of nitrogens with one attached hydrogen (secondary N) is 1. The van der Waals surface area contributed by atoms with Crippen LogP contribution in [0.4, 0.5) is 0 Å². The molecule has 2 N–H and O–H groups in total. The highest BCUT2D eigenvalue weighted by Crippen LogP contribution is 2.19. The minimum absolute atomic E-state index is 0.281. The first-order valence-corrected chi connectivity index (χ1v) is 4.78. The Morgan fingerprint density at radius 3 is 2.33 bits per heavy atom.